The van der Waals surface area contributed by atoms with Crippen LogP contribution in [-0.2, 0) is 4.79 Å². The summed E-state index contributed by atoms with van der Waals surface area (Å²) in [6.07, 6.45) is 0. The summed E-state index contributed by atoms with van der Waals surface area (Å²) in [5.74, 6) is -1.17. The first-order chi connectivity index (χ1) is 13.4. The first-order valence-electron chi connectivity index (χ1n) is 8.23. The molecule has 0 saturated heterocycles. The summed E-state index contributed by atoms with van der Waals surface area (Å²) < 4.78 is 18.9. The average Bonchev–Trinajstić information content (AvgIpc) is 2.97. The summed E-state index contributed by atoms with van der Waals surface area (Å²) in [5.41, 5.74) is 7.40. The minimum absolute atomic E-state index is 0.269. The maximum absolute atomic E-state index is 13.1. The lowest BCUT2D eigenvalue weighted by Gasteiger charge is -2.09. The number of thiophene rings is 1. The zero-order valence-corrected chi connectivity index (χ0v) is 17.2. The molecule has 2 aromatic carbocycles. The summed E-state index contributed by atoms with van der Waals surface area (Å²) >= 11 is 4.45. The number of halogens is 2. The molecule has 144 valence electrons. The third-order valence-electron chi connectivity index (χ3n) is 3.90. The van der Waals surface area contributed by atoms with Crippen LogP contribution >= 0.6 is 27.3 Å². The Morgan fingerprint density at radius 2 is 1.93 bits per heavy atom. The van der Waals surface area contributed by atoms with Crippen LogP contribution in [0, 0.1) is 12.7 Å². The fraction of sp³-hybridized carbons (Fsp3) is 0.100. The number of benzene rings is 2. The van der Waals surface area contributed by atoms with Gasteiger partial charge in [0.2, 0.25) is 0 Å². The Hall–Kier alpha value is -2.71. The number of carbonyl (C=O) groups is 2. The molecule has 0 spiro atoms. The Morgan fingerprint density at radius 1 is 1.21 bits per heavy atom. The molecule has 0 unspecified atom stereocenters. The van der Waals surface area contributed by atoms with Gasteiger partial charge in [-0.15, -0.1) is 11.3 Å². The van der Waals surface area contributed by atoms with Gasteiger partial charge in [0.05, 0.1) is 10.0 Å². The third-order valence-corrected chi connectivity index (χ3v) is 5.54. The normalized spacial score (nSPS) is 10.5. The fourth-order valence-corrected chi connectivity index (χ4v) is 4.28. The molecule has 28 heavy (non-hydrogen) atoms. The van der Waals surface area contributed by atoms with Crippen molar-refractivity contribution < 1.29 is 18.7 Å². The number of aryl methyl sites for hydroxylation is 1. The predicted octanol–water partition coefficient (Wildman–Crippen LogP) is 4.74. The molecule has 0 aliphatic carbocycles. The van der Waals surface area contributed by atoms with Gasteiger partial charge >= 0.3 is 0 Å². The van der Waals surface area contributed by atoms with E-state index in [-0.39, 0.29) is 12.2 Å². The largest absolute Gasteiger partial charge is 0.483 e. The number of nitrogens with one attached hydrogen (secondary N) is 1. The molecule has 3 rings (SSSR count). The molecule has 0 aliphatic heterocycles. The van der Waals surface area contributed by atoms with Gasteiger partial charge in [-0.25, -0.2) is 4.39 Å². The highest BCUT2D eigenvalue weighted by Crippen LogP contribution is 2.39. The number of carbonyl (C=O) groups excluding carboxylic acids is 2. The number of rotatable bonds is 6. The maximum Gasteiger partial charge on any atom is 0.262 e. The Kier molecular flexibility index (Phi) is 6.11. The molecule has 1 heterocycles. The van der Waals surface area contributed by atoms with Crippen molar-refractivity contribution in [2.24, 2.45) is 5.73 Å². The van der Waals surface area contributed by atoms with Gasteiger partial charge in [0.15, 0.2) is 6.61 Å². The molecule has 0 radical (unpaired) electrons. The van der Waals surface area contributed by atoms with Crippen molar-refractivity contribution in [1.29, 1.82) is 0 Å². The second kappa shape index (κ2) is 8.53. The van der Waals surface area contributed by atoms with Gasteiger partial charge in [-0.1, -0.05) is 30.3 Å². The van der Waals surface area contributed by atoms with E-state index in [2.05, 4.69) is 21.2 Å². The Balaban J connectivity index is 1.80. The number of ether oxygens (including phenoxy) is 1. The minimum Gasteiger partial charge on any atom is -0.483 e. The zero-order valence-electron chi connectivity index (χ0n) is 14.8. The predicted molar refractivity (Wildman–Crippen MR) is 111 cm³/mol. The maximum atomic E-state index is 13.1. The summed E-state index contributed by atoms with van der Waals surface area (Å²) in [6, 6.07) is 13.3. The molecule has 0 saturated carbocycles. The van der Waals surface area contributed by atoms with E-state index in [9.17, 15) is 14.0 Å². The van der Waals surface area contributed by atoms with E-state index in [4.69, 9.17) is 10.5 Å². The van der Waals surface area contributed by atoms with Crippen LogP contribution in [0.25, 0.3) is 11.1 Å². The smallest absolute Gasteiger partial charge is 0.262 e. The molecule has 2 amide bonds. The van der Waals surface area contributed by atoms with Crippen LogP contribution in [-0.4, -0.2) is 18.4 Å². The summed E-state index contributed by atoms with van der Waals surface area (Å²) in [5, 5.41) is 3.06. The van der Waals surface area contributed by atoms with Gasteiger partial charge in [-0.05, 0) is 46.6 Å². The van der Waals surface area contributed by atoms with Gasteiger partial charge in [-0.2, -0.15) is 0 Å². The SMILES string of the molecule is Cc1sc(NC(=O)COc2ccc(F)cc2Br)c(C(N)=O)c1-c1ccccc1. The molecule has 3 N–H and O–H groups in total. The Bertz CT molecular complexity index is 1040. The number of nitrogens with two attached hydrogens (primary N) is 1. The van der Waals surface area contributed by atoms with Crippen molar-refractivity contribution in [2.75, 3.05) is 11.9 Å². The monoisotopic (exact) mass is 462 g/mol. The third kappa shape index (κ3) is 4.40. The Labute approximate surface area is 173 Å². The van der Waals surface area contributed by atoms with E-state index < -0.39 is 17.6 Å². The molecule has 1 aromatic heterocycles. The second-order valence-corrected chi connectivity index (χ2v) is 7.96. The lowest BCUT2D eigenvalue weighted by atomic mass is 10.0. The highest BCUT2D eigenvalue weighted by Gasteiger charge is 2.22. The molecule has 0 aliphatic rings. The van der Waals surface area contributed by atoms with Crippen LogP contribution < -0.4 is 15.8 Å². The van der Waals surface area contributed by atoms with Crippen LogP contribution in [0.4, 0.5) is 9.39 Å². The Morgan fingerprint density at radius 3 is 2.57 bits per heavy atom. The van der Waals surface area contributed by atoms with Crippen LogP contribution in [0.1, 0.15) is 15.2 Å². The van der Waals surface area contributed by atoms with E-state index in [0.29, 0.717) is 20.8 Å². The van der Waals surface area contributed by atoms with Gasteiger partial charge in [0, 0.05) is 10.4 Å². The van der Waals surface area contributed by atoms with E-state index in [1.54, 1.807) is 0 Å². The topological polar surface area (TPSA) is 81.4 Å². The number of primary amides is 1. The van der Waals surface area contributed by atoms with Crippen LogP contribution in [0.5, 0.6) is 5.75 Å². The van der Waals surface area contributed by atoms with Gasteiger partial charge in [0.25, 0.3) is 11.8 Å². The van der Waals surface area contributed by atoms with E-state index in [1.165, 1.54) is 29.5 Å². The molecular weight excluding hydrogens is 447 g/mol. The quantitative estimate of drug-likeness (QED) is 0.554. The van der Waals surface area contributed by atoms with Crippen molar-refractivity contribution in [1.82, 2.24) is 0 Å². The number of hydrogen-bond acceptors (Lipinski definition) is 4. The van der Waals surface area contributed by atoms with Gasteiger partial charge in [-0.3, -0.25) is 9.59 Å². The molecule has 0 atom stereocenters. The molecule has 3 aromatic rings. The van der Waals surface area contributed by atoms with Crippen LogP contribution in [0.2, 0.25) is 0 Å². The van der Waals surface area contributed by atoms with E-state index in [1.807, 2.05) is 37.3 Å². The lowest BCUT2D eigenvalue weighted by molar-refractivity contribution is -0.118. The number of anilines is 1. The van der Waals surface area contributed by atoms with Crippen LogP contribution in [0.15, 0.2) is 53.0 Å². The minimum atomic E-state index is -0.624. The zero-order chi connectivity index (χ0) is 20.3. The molecule has 0 fully saturated rings. The van der Waals surface area contributed by atoms with Gasteiger partial charge < -0.3 is 15.8 Å². The van der Waals surface area contributed by atoms with E-state index >= 15 is 0 Å². The van der Waals surface area contributed by atoms with Crippen molar-refractivity contribution in [2.45, 2.75) is 6.92 Å². The first-order valence-corrected chi connectivity index (χ1v) is 9.84. The molecule has 0 bridgehead atoms. The lowest BCUT2D eigenvalue weighted by Crippen LogP contribution is -2.22. The number of amides is 2. The highest BCUT2D eigenvalue weighted by molar-refractivity contribution is 9.10. The van der Waals surface area contributed by atoms with Crippen molar-refractivity contribution in [3.05, 3.63) is 69.3 Å². The van der Waals surface area contributed by atoms with Crippen molar-refractivity contribution in [3.63, 3.8) is 0 Å². The average molecular weight is 463 g/mol. The molecular formula is C20H16BrFN2O3S. The summed E-state index contributed by atoms with van der Waals surface area (Å²) in [6.45, 7) is 1.56. The fourth-order valence-electron chi connectivity index (χ4n) is 2.72. The molecule has 8 heteroatoms. The summed E-state index contributed by atoms with van der Waals surface area (Å²) in [7, 11) is 0. The van der Waals surface area contributed by atoms with Gasteiger partial charge in [0.1, 0.15) is 16.6 Å². The van der Waals surface area contributed by atoms with E-state index in [0.717, 1.165) is 10.4 Å². The van der Waals surface area contributed by atoms with Crippen LogP contribution in [0.3, 0.4) is 0 Å². The molecule has 5 nitrogen and oxygen atoms in total. The number of hydrogen-bond donors (Lipinski definition) is 2. The summed E-state index contributed by atoms with van der Waals surface area (Å²) in [4.78, 5) is 25.3. The first kappa shape index (κ1) is 20.0. The second-order valence-electron chi connectivity index (χ2n) is 5.88. The van der Waals surface area contributed by atoms with Crippen molar-refractivity contribution in [3.8, 4) is 16.9 Å². The van der Waals surface area contributed by atoms with Crippen molar-refractivity contribution >= 4 is 44.1 Å². The highest BCUT2D eigenvalue weighted by atomic mass is 79.9. The standard InChI is InChI=1S/C20H16BrFN2O3S/c1-11-17(12-5-3-2-4-6-12)18(19(23)26)20(28-11)24-16(25)10-27-15-8-7-13(22)9-14(15)21/h2-9H,10H2,1H3,(H2,23,26)(H,24,25).